The summed E-state index contributed by atoms with van der Waals surface area (Å²) in [6, 6.07) is 0. The van der Waals surface area contributed by atoms with Crippen molar-refractivity contribution in [1.82, 2.24) is 19.9 Å². The zero-order valence-electron chi connectivity index (χ0n) is 15.1. The predicted octanol–water partition coefficient (Wildman–Crippen LogP) is 2.00. The molecule has 0 radical (unpaired) electrons. The topological polar surface area (TPSA) is 121 Å². The molecule has 2 aromatic heterocycles. The van der Waals surface area contributed by atoms with E-state index in [0.717, 1.165) is 0 Å². The first-order valence-electron chi connectivity index (χ1n) is 7.74. The molecule has 1 amide bonds. The second-order valence-electron chi connectivity index (χ2n) is 7.30. The van der Waals surface area contributed by atoms with Crippen molar-refractivity contribution >= 4 is 53.2 Å². The van der Waals surface area contributed by atoms with Gasteiger partial charge in [-0.15, -0.1) is 25.3 Å². The van der Waals surface area contributed by atoms with E-state index in [4.69, 9.17) is 0 Å². The fourth-order valence-corrected chi connectivity index (χ4v) is 2.29. The Bertz CT molecular complexity index is 955. The Morgan fingerprint density at radius 3 is 2.35 bits per heavy atom. The van der Waals surface area contributed by atoms with Crippen molar-refractivity contribution in [2.45, 2.75) is 40.2 Å². The minimum Gasteiger partial charge on any atom is -0.385 e. The van der Waals surface area contributed by atoms with Crippen LogP contribution in [0.25, 0.3) is 16.1 Å². The standard InChI is InChI=1S/C16H21N5O3S2/c1-15(2,3)13(23)21-14-19-11-8(12(22)20-14)18-7(6-17-11)9(25)10(26)16(4,5)24/h6,24-26H,1-5H3,(H2,17,19,20,21,22,23)/b10-9-. The maximum atomic E-state index is 12.3. The highest BCUT2D eigenvalue weighted by molar-refractivity contribution is 7.93. The number of aromatic amines is 1. The Balaban J connectivity index is 2.50. The van der Waals surface area contributed by atoms with Gasteiger partial charge in [0.2, 0.25) is 11.9 Å². The lowest BCUT2D eigenvalue weighted by atomic mass is 9.96. The summed E-state index contributed by atoms with van der Waals surface area (Å²) in [6.07, 6.45) is 1.37. The van der Waals surface area contributed by atoms with E-state index in [1.165, 1.54) is 6.20 Å². The third kappa shape index (κ3) is 4.43. The third-order valence-electron chi connectivity index (χ3n) is 3.38. The number of aromatic nitrogens is 4. The number of hydrogen-bond donors (Lipinski definition) is 5. The normalized spacial score (nSPS) is 13.5. The molecule has 2 rings (SSSR count). The van der Waals surface area contributed by atoms with Gasteiger partial charge >= 0.3 is 0 Å². The number of thiol groups is 2. The van der Waals surface area contributed by atoms with Gasteiger partial charge in [-0.05, 0) is 13.8 Å². The van der Waals surface area contributed by atoms with Crippen LogP contribution in [0, 0.1) is 5.41 Å². The number of carbonyl (C=O) groups is 1. The second kappa shape index (κ2) is 7.01. The molecule has 26 heavy (non-hydrogen) atoms. The van der Waals surface area contributed by atoms with Gasteiger partial charge < -0.3 is 5.11 Å². The summed E-state index contributed by atoms with van der Waals surface area (Å²) in [7, 11) is 0. The fraction of sp³-hybridized carbons (Fsp3) is 0.438. The van der Waals surface area contributed by atoms with E-state index < -0.39 is 16.6 Å². The van der Waals surface area contributed by atoms with Gasteiger partial charge in [0.1, 0.15) is 0 Å². The number of nitrogens with zero attached hydrogens (tertiary/aromatic N) is 3. The molecule has 140 valence electrons. The highest BCUT2D eigenvalue weighted by atomic mass is 32.1. The summed E-state index contributed by atoms with van der Waals surface area (Å²) >= 11 is 8.57. The summed E-state index contributed by atoms with van der Waals surface area (Å²) in [5.74, 6) is -0.299. The molecule has 0 aliphatic heterocycles. The molecule has 2 aromatic rings. The molecule has 0 saturated heterocycles. The number of H-pyrrole nitrogens is 1. The van der Waals surface area contributed by atoms with Crippen LogP contribution in [0.5, 0.6) is 0 Å². The number of aliphatic hydroxyl groups is 1. The monoisotopic (exact) mass is 395 g/mol. The molecule has 0 saturated carbocycles. The van der Waals surface area contributed by atoms with Gasteiger partial charge in [0.05, 0.1) is 17.5 Å². The minimum atomic E-state index is -1.22. The molecule has 2 heterocycles. The second-order valence-corrected chi connectivity index (χ2v) is 8.20. The average molecular weight is 396 g/mol. The quantitative estimate of drug-likeness (QED) is 0.507. The van der Waals surface area contributed by atoms with Crippen molar-refractivity contribution in [2.24, 2.45) is 5.41 Å². The van der Waals surface area contributed by atoms with Crippen LogP contribution < -0.4 is 10.9 Å². The first-order valence-corrected chi connectivity index (χ1v) is 8.64. The van der Waals surface area contributed by atoms with Crippen molar-refractivity contribution in [1.29, 1.82) is 0 Å². The van der Waals surface area contributed by atoms with E-state index >= 15 is 0 Å². The SMILES string of the molecule is CC(C)(C)C(=O)Nc1nc2ncc(/C(S)=C(/S)C(C)(C)O)nc2c(=O)[nH]1. The molecule has 0 unspecified atom stereocenters. The summed E-state index contributed by atoms with van der Waals surface area (Å²) in [5.41, 5.74) is -2.09. The van der Waals surface area contributed by atoms with Crippen molar-refractivity contribution in [2.75, 3.05) is 5.32 Å². The van der Waals surface area contributed by atoms with E-state index in [-0.39, 0.29) is 33.6 Å². The van der Waals surface area contributed by atoms with Crippen LogP contribution in [-0.2, 0) is 4.79 Å². The van der Waals surface area contributed by atoms with Gasteiger partial charge in [-0.2, -0.15) is 4.98 Å². The lowest BCUT2D eigenvalue weighted by molar-refractivity contribution is -0.123. The number of hydrogen-bond acceptors (Lipinski definition) is 8. The van der Waals surface area contributed by atoms with Gasteiger partial charge in [-0.25, -0.2) is 9.97 Å². The van der Waals surface area contributed by atoms with E-state index in [1.807, 2.05) is 0 Å². The zero-order chi connectivity index (χ0) is 19.9. The molecule has 0 aromatic carbocycles. The lowest BCUT2D eigenvalue weighted by Gasteiger charge is -2.19. The molecule has 8 nitrogen and oxygen atoms in total. The molecule has 0 fully saturated rings. The Hall–Kier alpha value is -1.91. The summed E-state index contributed by atoms with van der Waals surface area (Å²) in [5, 5.41) is 12.6. The van der Waals surface area contributed by atoms with Crippen LogP contribution in [0.1, 0.15) is 40.3 Å². The first-order chi connectivity index (χ1) is 11.8. The number of carbonyl (C=O) groups excluding carboxylic acids is 1. The largest absolute Gasteiger partial charge is 0.385 e. The molecule has 10 heteroatoms. The number of rotatable bonds is 3. The molecular formula is C16H21N5O3S2. The van der Waals surface area contributed by atoms with E-state index in [9.17, 15) is 14.7 Å². The van der Waals surface area contributed by atoms with Crippen LogP contribution >= 0.6 is 25.3 Å². The third-order valence-corrected chi connectivity index (χ3v) is 4.78. The molecule has 0 bridgehead atoms. The molecule has 0 spiro atoms. The van der Waals surface area contributed by atoms with Gasteiger partial charge in [0.15, 0.2) is 11.2 Å². The molecule has 0 atom stereocenters. The van der Waals surface area contributed by atoms with Crippen LogP contribution in [-0.4, -0.2) is 36.6 Å². The summed E-state index contributed by atoms with van der Waals surface area (Å²) in [4.78, 5) is 39.8. The number of fused-ring (bicyclic) bond motifs is 1. The van der Waals surface area contributed by atoms with E-state index in [0.29, 0.717) is 4.91 Å². The van der Waals surface area contributed by atoms with Crippen LogP contribution in [0.4, 0.5) is 5.95 Å². The van der Waals surface area contributed by atoms with Crippen molar-refractivity contribution in [3.8, 4) is 0 Å². The van der Waals surface area contributed by atoms with Crippen molar-refractivity contribution in [3.63, 3.8) is 0 Å². The lowest BCUT2D eigenvalue weighted by Crippen LogP contribution is -2.29. The number of anilines is 1. The van der Waals surface area contributed by atoms with Crippen LogP contribution in [0.3, 0.4) is 0 Å². The Morgan fingerprint density at radius 2 is 1.81 bits per heavy atom. The van der Waals surface area contributed by atoms with Crippen molar-refractivity contribution < 1.29 is 9.90 Å². The Labute approximate surface area is 161 Å². The van der Waals surface area contributed by atoms with E-state index in [1.54, 1.807) is 34.6 Å². The van der Waals surface area contributed by atoms with Crippen LogP contribution in [0.15, 0.2) is 15.9 Å². The van der Waals surface area contributed by atoms with Gasteiger partial charge in [-0.1, -0.05) is 20.8 Å². The van der Waals surface area contributed by atoms with Gasteiger partial charge in [0, 0.05) is 15.2 Å². The smallest absolute Gasteiger partial charge is 0.280 e. The first kappa shape index (κ1) is 20.4. The zero-order valence-corrected chi connectivity index (χ0v) is 16.9. The van der Waals surface area contributed by atoms with E-state index in [2.05, 4.69) is 50.5 Å². The van der Waals surface area contributed by atoms with Gasteiger partial charge in [0.25, 0.3) is 5.56 Å². The van der Waals surface area contributed by atoms with Crippen molar-refractivity contribution in [3.05, 3.63) is 27.1 Å². The Kier molecular flexibility index (Phi) is 5.50. The number of nitrogens with one attached hydrogen (secondary N) is 2. The predicted molar refractivity (Wildman–Crippen MR) is 107 cm³/mol. The fourth-order valence-electron chi connectivity index (χ4n) is 1.80. The minimum absolute atomic E-state index is 0.00232. The van der Waals surface area contributed by atoms with Gasteiger partial charge in [-0.3, -0.25) is 19.9 Å². The Morgan fingerprint density at radius 1 is 1.19 bits per heavy atom. The molecular weight excluding hydrogens is 374 g/mol. The number of amides is 1. The molecule has 3 N–H and O–H groups in total. The summed E-state index contributed by atoms with van der Waals surface area (Å²) < 4.78 is 0. The summed E-state index contributed by atoms with van der Waals surface area (Å²) in [6.45, 7) is 8.33. The maximum Gasteiger partial charge on any atom is 0.280 e. The maximum absolute atomic E-state index is 12.3. The molecule has 0 aliphatic rings. The highest BCUT2D eigenvalue weighted by Gasteiger charge is 2.23. The van der Waals surface area contributed by atoms with Crippen LogP contribution in [0.2, 0.25) is 0 Å². The molecule has 0 aliphatic carbocycles. The average Bonchev–Trinajstić information content (AvgIpc) is 2.51. The highest BCUT2D eigenvalue weighted by Crippen LogP contribution is 2.30.